The lowest BCUT2D eigenvalue weighted by Crippen LogP contribution is -2.37. The zero-order valence-electron chi connectivity index (χ0n) is 18.2. The zero-order valence-corrected chi connectivity index (χ0v) is 18.2. The van der Waals surface area contributed by atoms with Crippen molar-refractivity contribution in [2.75, 3.05) is 9.96 Å². The first-order valence-electron chi connectivity index (χ1n) is 10.8. The van der Waals surface area contributed by atoms with Gasteiger partial charge in [-0.05, 0) is 48.0 Å². The Morgan fingerprint density at radius 3 is 2.14 bits per heavy atom. The van der Waals surface area contributed by atoms with Gasteiger partial charge in [0.25, 0.3) is 5.91 Å². The number of fused-ring (bicyclic) bond motifs is 1. The van der Waals surface area contributed by atoms with E-state index < -0.39 is 48.2 Å². The van der Waals surface area contributed by atoms with Crippen LogP contribution < -0.4 is 14.7 Å². The standard InChI is InChI=1S/C25H17F5N2O4/c26-24(27)35-18-11-9-14(10-12-18)20-19-21(36-32(20)16-6-2-1-3-7-16)23(34)31(22(19)33)17-8-4-5-15(13-17)25(28,29)30/h1-13,19-21,24H. The van der Waals surface area contributed by atoms with Gasteiger partial charge in [-0.15, -0.1) is 0 Å². The number of hydrogen-bond acceptors (Lipinski definition) is 5. The molecule has 3 unspecified atom stereocenters. The largest absolute Gasteiger partial charge is 0.435 e. The quantitative estimate of drug-likeness (QED) is 0.346. The van der Waals surface area contributed by atoms with Gasteiger partial charge < -0.3 is 4.74 Å². The Morgan fingerprint density at radius 2 is 1.50 bits per heavy atom. The molecule has 0 aliphatic carbocycles. The Labute approximate surface area is 201 Å². The van der Waals surface area contributed by atoms with Gasteiger partial charge in [0.15, 0.2) is 6.10 Å². The summed E-state index contributed by atoms with van der Waals surface area (Å²) in [4.78, 5) is 33.4. The van der Waals surface area contributed by atoms with E-state index in [-0.39, 0.29) is 11.4 Å². The van der Waals surface area contributed by atoms with Gasteiger partial charge in [0.1, 0.15) is 11.7 Å². The van der Waals surface area contributed by atoms with Crippen LogP contribution in [0.15, 0.2) is 78.9 Å². The number of amides is 2. The highest BCUT2D eigenvalue weighted by atomic mass is 19.4. The van der Waals surface area contributed by atoms with Crippen LogP contribution in [0.25, 0.3) is 0 Å². The molecule has 3 atom stereocenters. The average Bonchev–Trinajstić information content (AvgIpc) is 3.35. The van der Waals surface area contributed by atoms with Crippen molar-refractivity contribution in [3.8, 4) is 5.75 Å². The van der Waals surface area contributed by atoms with Gasteiger partial charge in [-0.25, -0.2) is 9.96 Å². The number of hydrogen-bond donors (Lipinski definition) is 0. The van der Waals surface area contributed by atoms with Crippen LogP contribution in [0.5, 0.6) is 5.75 Å². The van der Waals surface area contributed by atoms with Crippen molar-refractivity contribution in [2.45, 2.75) is 24.9 Å². The molecular formula is C25H17F5N2O4. The Balaban J connectivity index is 1.54. The molecule has 3 aromatic carbocycles. The number of ether oxygens (including phenoxy) is 1. The molecule has 5 rings (SSSR count). The molecule has 0 spiro atoms. The number of nitrogens with zero attached hydrogens (tertiary/aromatic N) is 2. The molecule has 0 N–H and O–H groups in total. The number of para-hydroxylation sites is 1. The van der Waals surface area contributed by atoms with Crippen LogP contribution in [0, 0.1) is 5.92 Å². The summed E-state index contributed by atoms with van der Waals surface area (Å²) in [6.07, 6.45) is -5.96. The highest BCUT2D eigenvalue weighted by Gasteiger charge is 2.60. The fraction of sp³-hybridized carbons (Fsp3) is 0.200. The first kappa shape index (κ1) is 23.7. The molecule has 36 heavy (non-hydrogen) atoms. The maximum absolute atomic E-state index is 13.5. The molecule has 0 aromatic heterocycles. The molecule has 2 aliphatic rings. The Hall–Kier alpha value is -3.99. The minimum absolute atomic E-state index is 0.102. The van der Waals surface area contributed by atoms with Gasteiger partial charge in [0.05, 0.1) is 23.0 Å². The lowest BCUT2D eigenvalue weighted by Gasteiger charge is -2.29. The number of benzene rings is 3. The van der Waals surface area contributed by atoms with Crippen molar-refractivity contribution in [3.63, 3.8) is 0 Å². The third-order valence-electron chi connectivity index (χ3n) is 6.00. The van der Waals surface area contributed by atoms with Gasteiger partial charge >= 0.3 is 12.8 Å². The molecular weight excluding hydrogens is 487 g/mol. The van der Waals surface area contributed by atoms with Crippen molar-refractivity contribution in [1.82, 2.24) is 0 Å². The number of carbonyl (C=O) groups excluding carboxylic acids is 2. The molecule has 0 saturated carbocycles. The SMILES string of the molecule is O=C1C2ON(c3ccccc3)C(c3ccc(OC(F)F)cc3)C2C(=O)N1c1cccc(C(F)(F)F)c1. The fourth-order valence-electron chi connectivity index (χ4n) is 4.47. The summed E-state index contributed by atoms with van der Waals surface area (Å²) in [6, 6.07) is 17.2. The summed E-state index contributed by atoms with van der Waals surface area (Å²) in [5.41, 5.74) is -0.241. The molecule has 6 nitrogen and oxygen atoms in total. The van der Waals surface area contributed by atoms with Crippen LogP contribution in [0.2, 0.25) is 0 Å². The van der Waals surface area contributed by atoms with Crippen molar-refractivity contribution in [3.05, 3.63) is 90.0 Å². The maximum Gasteiger partial charge on any atom is 0.416 e. The van der Waals surface area contributed by atoms with Crippen molar-refractivity contribution in [2.24, 2.45) is 5.92 Å². The van der Waals surface area contributed by atoms with E-state index in [1.54, 1.807) is 30.3 Å². The highest BCUT2D eigenvalue weighted by Crippen LogP contribution is 2.48. The number of anilines is 2. The maximum atomic E-state index is 13.5. The van der Waals surface area contributed by atoms with Crippen molar-refractivity contribution in [1.29, 1.82) is 0 Å². The molecule has 11 heteroatoms. The molecule has 3 aromatic rings. The van der Waals surface area contributed by atoms with Crippen LogP contribution in [0.1, 0.15) is 17.2 Å². The van der Waals surface area contributed by atoms with E-state index in [9.17, 15) is 31.5 Å². The Morgan fingerprint density at radius 1 is 0.833 bits per heavy atom. The molecule has 2 fully saturated rings. The molecule has 2 amide bonds. The Bertz CT molecular complexity index is 1280. The van der Waals surface area contributed by atoms with E-state index in [0.29, 0.717) is 16.2 Å². The van der Waals surface area contributed by atoms with Crippen LogP contribution >= 0.6 is 0 Å². The van der Waals surface area contributed by atoms with E-state index >= 15 is 0 Å². The monoisotopic (exact) mass is 504 g/mol. The van der Waals surface area contributed by atoms with E-state index in [1.165, 1.54) is 35.4 Å². The Kier molecular flexibility index (Phi) is 5.87. The van der Waals surface area contributed by atoms with E-state index in [0.717, 1.165) is 18.2 Å². The van der Waals surface area contributed by atoms with E-state index in [4.69, 9.17) is 4.84 Å². The minimum atomic E-state index is -4.66. The predicted molar refractivity (Wildman–Crippen MR) is 117 cm³/mol. The second-order valence-electron chi connectivity index (χ2n) is 8.17. The van der Waals surface area contributed by atoms with Crippen molar-refractivity contribution >= 4 is 23.2 Å². The predicted octanol–water partition coefficient (Wildman–Crippen LogP) is 5.36. The average molecular weight is 504 g/mol. The van der Waals surface area contributed by atoms with Crippen LogP contribution in [-0.2, 0) is 20.6 Å². The van der Waals surface area contributed by atoms with E-state index in [1.807, 2.05) is 0 Å². The number of hydroxylamine groups is 1. The molecule has 0 bridgehead atoms. The number of alkyl halides is 5. The summed E-state index contributed by atoms with van der Waals surface area (Å²) in [5, 5.41) is 1.39. The number of halogens is 5. The summed E-state index contributed by atoms with van der Waals surface area (Å²) >= 11 is 0. The summed E-state index contributed by atoms with van der Waals surface area (Å²) in [7, 11) is 0. The molecule has 0 radical (unpaired) electrons. The number of imide groups is 1. The first-order chi connectivity index (χ1) is 17.1. The second-order valence-corrected chi connectivity index (χ2v) is 8.17. The fourth-order valence-corrected chi connectivity index (χ4v) is 4.47. The number of rotatable bonds is 5. The normalized spacial score (nSPS) is 21.9. The lowest BCUT2D eigenvalue weighted by molar-refractivity contribution is -0.137. The summed E-state index contributed by atoms with van der Waals surface area (Å²) in [5.74, 6) is -2.74. The highest BCUT2D eigenvalue weighted by molar-refractivity contribution is 6.24. The molecule has 2 aliphatic heterocycles. The topological polar surface area (TPSA) is 59.1 Å². The van der Waals surface area contributed by atoms with E-state index in [2.05, 4.69) is 4.74 Å². The third-order valence-corrected chi connectivity index (χ3v) is 6.00. The summed E-state index contributed by atoms with van der Waals surface area (Å²) in [6.45, 7) is -3.02. The number of carbonyl (C=O) groups is 2. The van der Waals surface area contributed by atoms with Crippen LogP contribution in [0.4, 0.5) is 33.3 Å². The molecule has 2 heterocycles. The van der Waals surface area contributed by atoms with Gasteiger partial charge in [0.2, 0.25) is 5.91 Å². The second kappa shape index (κ2) is 8.90. The van der Waals surface area contributed by atoms with Gasteiger partial charge in [0, 0.05) is 0 Å². The van der Waals surface area contributed by atoms with Crippen LogP contribution in [0.3, 0.4) is 0 Å². The van der Waals surface area contributed by atoms with Crippen molar-refractivity contribution < 1.29 is 41.1 Å². The lowest BCUT2D eigenvalue weighted by atomic mass is 9.90. The minimum Gasteiger partial charge on any atom is -0.435 e. The molecule has 186 valence electrons. The van der Waals surface area contributed by atoms with Gasteiger partial charge in [-0.1, -0.05) is 36.4 Å². The van der Waals surface area contributed by atoms with Gasteiger partial charge in [-0.3, -0.25) is 14.4 Å². The molecule has 2 saturated heterocycles. The van der Waals surface area contributed by atoms with Crippen LogP contribution in [-0.4, -0.2) is 24.5 Å². The third kappa shape index (κ3) is 4.15. The summed E-state index contributed by atoms with van der Waals surface area (Å²) < 4.78 is 69.2. The smallest absolute Gasteiger partial charge is 0.416 e. The zero-order chi connectivity index (χ0) is 25.6. The first-order valence-corrected chi connectivity index (χ1v) is 10.8. The van der Waals surface area contributed by atoms with Gasteiger partial charge in [-0.2, -0.15) is 22.0 Å².